The molecule has 0 aliphatic rings. The standard InChI is InChI=1S/C24H24F4N6O/c1-12-6-5-7-16(8-12)10-33-15(4)21(14(3)32-33)30-19(35)11-34-24-20(13(2)31-34)17(22(25)26)9-18(29-24)23(27)28/h5-9,22-23H,10-11H2,1-4H3,(H,30,35). The molecular weight excluding hydrogens is 464 g/mol. The summed E-state index contributed by atoms with van der Waals surface area (Å²) in [7, 11) is 0. The van der Waals surface area contributed by atoms with E-state index in [0.29, 0.717) is 24.0 Å². The first-order valence-electron chi connectivity index (χ1n) is 10.9. The average Bonchev–Trinajstić information content (AvgIpc) is 3.23. The Labute approximate surface area is 198 Å². The van der Waals surface area contributed by atoms with Crippen LogP contribution in [-0.4, -0.2) is 30.5 Å². The molecule has 0 aliphatic carbocycles. The van der Waals surface area contributed by atoms with E-state index in [2.05, 4.69) is 20.5 Å². The quantitative estimate of drug-likeness (QED) is 0.352. The lowest BCUT2D eigenvalue weighted by atomic mass is 10.1. The summed E-state index contributed by atoms with van der Waals surface area (Å²) in [5.41, 5.74) is 2.65. The van der Waals surface area contributed by atoms with Crippen LogP contribution in [0.2, 0.25) is 0 Å². The minimum absolute atomic E-state index is 0.0319. The summed E-state index contributed by atoms with van der Waals surface area (Å²) < 4.78 is 56.5. The van der Waals surface area contributed by atoms with E-state index in [1.807, 2.05) is 38.1 Å². The summed E-state index contributed by atoms with van der Waals surface area (Å²) in [6.45, 7) is 7.17. The van der Waals surface area contributed by atoms with Crippen LogP contribution in [0.3, 0.4) is 0 Å². The first-order chi connectivity index (χ1) is 16.5. The number of hydrogen-bond donors (Lipinski definition) is 1. The smallest absolute Gasteiger partial charge is 0.280 e. The maximum absolute atomic E-state index is 13.6. The Morgan fingerprint density at radius 3 is 2.34 bits per heavy atom. The fraction of sp³-hybridized carbons (Fsp3) is 0.333. The normalized spacial score (nSPS) is 11.7. The minimum atomic E-state index is -3.04. The fourth-order valence-electron chi connectivity index (χ4n) is 4.13. The number of rotatable bonds is 7. The number of aryl methyl sites for hydroxylation is 3. The molecule has 7 nitrogen and oxygen atoms in total. The molecule has 1 N–H and O–H groups in total. The lowest BCUT2D eigenvalue weighted by molar-refractivity contribution is -0.116. The number of nitrogens with zero attached hydrogens (tertiary/aromatic N) is 5. The Kier molecular flexibility index (Phi) is 6.60. The van der Waals surface area contributed by atoms with E-state index in [-0.39, 0.29) is 16.7 Å². The van der Waals surface area contributed by atoms with Gasteiger partial charge in [-0.05, 0) is 39.3 Å². The van der Waals surface area contributed by atoms with Gasteiger partial charge >= 0.3 is 0 Å². The SMILES string of the molecule is Cc1cccc(Cn2nc(C)c(NC(=O)Cn3nc(C)c4c(C(F)F)cc(C(F)F)nc43)c2C)c1. The van der Waals surface area contributed by atoms with Crippen molar-refractivity contribution in [1.29, 1.82) is 0 Å². The molecule has 4 aromatic rings. The Morgan fingerprint density at radius 1 is 0.971 bits per heavy atom. The number of fused-ring (bicyclic) bond motifs is 1. The van der Waals surface area contributed by atoms with Crippen molar-refractivity contribution < 1.29 is 22.4 Å². The summed E-state index contributed by atoms with van der Waals surface area (Å²) >= 11 is 0. The second kappa shape index (κ2) is 9.47. The van der Waals surface area contributed by atoms with Gasteiger partial charge in [-0.1, -0.05) is 29.8 Å². The second-order valence-corrected chi connectivity index (χ2v) is 8.42. The third kappa shape index (κ3) is 4.89. The summed E-state index contributed by atoms with van der Waals surface area (Å²) in [4.78, 5) is 16.7. The Hall–Kier alpha value is -3.76. The molecule has 184 valence electrons. The zero-order valence-corrected chi connectivity index (χ0v) is 19.6. The van der Waals surface area contributed by atoms with Crippen LogP contribution < -0.4 is 5.32 Å². The van der Waals surface area contributed by atoms with E-state index in [1.54, 1.807) is 11.6 Å². The van der Waals surface area contributed by atoms with Crippen molar-refractivity contribution >= 4 is 22.6 Å². The van der Waals surface area contributed by atoms with Gasteiger partial charge < -0.3 is 5.32 Å². The molecule has 0 atom stereocenters. The van der Waals surface area contributed by atoms with Crippen LogP contribution in [-0.2, 0) is 17.9 Å². The number of carbonyl (C=O) groups excluding carboxylic acids is 1. The number of halogens is 4. The lowest BCUT2D eigenvalue weighted by Gasteiger charge is -2.09. The van der Waals surface area contributed by atoms with Crippen molar-refractivity contribution in [2.75, 3.05) is 5.32 Å². The van der Waals surface area contributed by atoms with Gasteiger partial charge in [0, 0.05) is 5.56 Å². The van der Waals surface area contributed by atoms with Crippen LogP contribution in [0.4, 0.5) is 23.2 Å². The highest BCUT2D eigenvalue weighted by Crippen LogP contribution is 2.32. The summed E-state index contributed by atoms with van der Waals surface area (Å²) in [5, 5.41) is 11.4. The predicted octanol–water partition coefficient (Wildman–Crippen LogP) is 5.42. The van der Waals surface area contributed by atoms with Crippen molar-refractivity contribution in [3.8, 4) is 0 Å². The number of amides is 1. The van der Waals surface area contributed by atoms with Crippen LogP contribution in [0.15, 0.2) is 30.3 Å². The minimum Gasteiger partial charge on any atom is -0.321 e. The fourth-order valence-corrected chi connectivity index (χ4v) is 4.13. The molecule has 35 heavy (non-hydrogen) atoms. The van der Waals surface area contributed by atoms with Gasteiger partial charge in [-0.3, -0.25) is 9.48 Å². The van der Waals surface area contributed by atoms with Crippen LogP contribution >= 0.6 is 0 Å². The van der Waals surface area contributed by atoms with Crippen LogP contribution in [0.5, 0.6) is 0 Å². The van der Waals surface area contributed by atoms with Crippen LogP contribution in [0.25, 0.3) is 11.0 Å². The largest absolute Gasteiger partial charge is 0.321 e. The van der Waals surface area contributed by atoms with Gasteiger partial charge in [0.05, 0.1) is 34.7 Å². The Bertz CT molecular complexity index is 1410. The van der Waals surface area contributed by atoms with Gasteiger partial charge in [0.25, 0.3) is 12.9 Å². The molecule has 0 fully saturated rings. The maximum atomic E-state index is 13.6. The van der Waals surface area contributed by atoms with Crippen molar-refractivity contribution in [3.63, 3.8) is 0 Å². The van der Waals surface area contributed by atoms with Crippen LogP contribution in [0, 0.1) is 27.7 Å². The van der Waals surface area contributed by atoms with E-state index in [1.165, 1.54) is 6.92 Å². The van der Waals surface area contributed by atoms with E-state index in [4.69, 9.17) is 0 Å². The number of hydrogen-bond acceptors (Lipinski definition) is 4. The zero-order chi connectivity index (χ0) is 25.4. The summed E-state index contributed by atoms with van der Waals surface area (Å²) in [6.07, 6.45) is -6.04. The van der Waals surface area contributed by atoms with E-state index < -0.39 is 36.6 Å². The summed E-state index contributed by atoms with van der Waals surface area (Å²) in [5.74, 6) is -0.515. The molecule has 0 saturated carbocycles. The molecule has 0 aliphatic heterocycles. The molecule has 3 aromatic heterocycles. The first-order valence-corrected chi connectivity index (χ1v) is 10.9. The van der Waals surface area contributed by atoms with Crippen molar-refractivity contribution in [2.45, 2.75) is 53.6 Å². The van der Waals surface area contributed by atoms with E-state index in [9.17, 15) is 22.4 Å². The molecule has 0 saturated heterocycles. The maximum Gasteiger partial charge on any atom is 0.280 e. The first kappa shape index (κ1) is 24.4. The number of carbonyl (C=O) groups is 1. The van der Waals surface area contributed by atoms with Gasteiger partial charge in [-0.25, -0.2) is 27.2 Å². The topological polar surface area (TPSA) is 77.6 Å². The molecule has 0 bridgehead atoms. The third-order valence-corrected chi connectivity index (χ3v) is 5.74. The summed E-state index contributed by atoms with van der Waals surface area (Å²) in [6, 6.07) is 8.68. The van der Waals surface area contributed by atoms with Gasteiger partial charge in [0.15, 0.2) is 5.65 Å². The molecule has 4 rings (SSSR count). The lowest BCUT2D eigenvalue weighted by Crippen LogP contribution is -2.20. The molecular formula is C24H24F4N6O. The number of pyridine rings is 1. The van der Waals surface area contributed by atoms with Gasteiger partial charge in [-0.2, -0.15) is 10.2 Å². The molecule has 0 unspecified atom stereocenters. The van der Waals surface area contributed by atoms with Crippen molar-refractivity contribution in [1.82, 2.24) is 24.5 Å². The number of aromatic nitrogens is 5. The average molecular weight is 488 g/mol. The molecule has 11 heteroatoms. The van der Waals surface area contributed by atoms with E-state index in [0.717, 1.165) is 21.5 Å². The number of alkyl halides is 4. The van der Waals surface area contributed by atoms with Crippen LogP contribution in [0.1, 0.15) is 52.3 Å². The van der Waals surface area contributed by atoms with Gasteiger partial charge in [-0.15, -0.1) is 0 Å². The van der Waals surface area contributed by atoms with Gasteiger partial charge in [0.2, 0.25) is 5.91 Å². The van der Waals surface area contributed by atoms with E-state index >= 15 is 0 Å². The highest BCUT2D eigenvalue weighted by molar-refractivity contribution is 5.93. The second-order valence-electron chi connectivity index (χ2n) is 8.42. The Balaban J connectivity index is 1.60. The highest BCUT2D eigenvalue weighted by Gasteiger charge is 2.24. The number of nitrogens with one attached hydrogen (secondary N) is 1. The molecule has 1 amide bonds. The third-order valence-electron chi connectivity index (χ3n) is 5.74. The Morgan fingerprint density at radius 2 is 1.69 bits per heavy atom. The van der Waals surface area contributed by atoms with Gasteiger partial charge in [0.1, 0.15) is 12.2 Å². The highest BCUT2D eigenvalue weighted by atomic mass is 19.3. The van der Waals surface area contributed by atoms with Crippen molar-refractivity contribution in [3.05, 3.63) is 69.8 Å². The monoisotopic (exact) mass is 488 g/mol. The predicted molar refractivity (Wildman–Crippen MR) is 123 cm³/mol. The molecule has 0 radical (unpaired) electrons. The number of benzene rings is 1. The molecule has 0 spiro atoms. The van der Waals surface area contributed by atoms with Crippen molar-refractivity contribution in [2.24, 2.45) is 0 Å². The number of anilines is 1. The molecule has 3 heterocycles. The molecule has 1 aromatic carbocycles. The zero-order valence-electron chi connectivity index (χ0n) is 19.6.